The molecule has 182 valence electrons. The van der Waals surface area contributed by atoms with E-state index in [1.165, 1.54) is 33.0 Å². The molecule has 0 aliphatic carbocycles. The van der Waals surface area contributed by atoms with E-state index in [9.17, 15) is 9.59 Å². The van der Waals surface area contributed by atoms with Crippen LogP contribution in [0.15, 0.2) is 58.1 Å². The summed E-state index contributed by atoms with van der Waals surface area (Å²) < 4.78 is 4.67. The van der Waals surface area contributed by atoms with Crippen molar-refractivity contribution in [1.82, 2.24) is 23.6 Å². The van der Waals surface area contributed by atoms with Crippen molar-refractivity contribution < 1.29 is 0 Å². The van der Waals surface area contributed by atoms with Crippen molar-refractivity contribution in [2.45, 2.75) is 26.9 Å². The van der Waals surface area contributed by atoms with Crippen LogP contribution in [0, 0.1) is 13.8 Å². The molecule has 0 spiro atoms. The Morgan fingerprint density at radius 3 is 2.29 bits per heavy atom. The fraction of sp³-hybridized carbons (Fsp3) is 0.370. The monoisotopic (exact) mass is 472 g/mol. The van der Waals surface area contributed by atoms with Gasteiger partial charge in [-0.2, -0.15) is 0 Å². The van der Waals surface area contributed by atoms with Gasteiger partial charge in [0.15, 0.2) is 11.2 Å². The number of imidazole rings is 1. The summed E-state index contributed by atoms with van der Waals surface area (Å²) in [4.78, 5) is 35.5. The Kier molecular flexibility index (Phi) is 6.06. The van der Waals surface area contributed by atoms with E-state index in [1.807, 2.05) is 10.6 Å². The van der Waals surface area contributed by atoms with E-state index in [1.54, 1.807) is 7.05 Å². The first-order valence-electron chi connectivity index (χ1n) is 12.1. The number of anilines is 1. The molecular formula is C27H32N6O2. The summed E-state index contributed by atoms with van der Waals surface area (Å²) in [7, 11) is 3.21. The van der Waals surface area contributed by atoms with Gasteiger partial charge in [-0.15, -0.1) is 0 Å². The van der Waals surface area contributed by atoms with Gasteiger partial charge in [0, 0.05) is 52.5 Å². The van der Waals surface area contributed by atoms with Crippen LogP contribution in [0.4, 0.5) is 5.69 Å². The minimum absolute atomic E-state index is 0.305. The Hall–Kier alpha value is -3.65. The topological polar surface area (TPSA) is 68.3 Å². The van der Waals surface area contributed by atoms with E-state index in [-0.39, 0.29) is 11.2 Å². The molecule has 2 aromatic heterocycles. The highest BCUT2D eigenvalue weighted by Crippen LogP contribution is 2.21. The van der Waals surface area contributed by atoms with Crippen molar-refractivity contribution in [1.29, 1.82) is 0 Å². The molecular weight excluding hydrogens is 440 g/mol. The van der Waals surface area contributed by atoms with Gasteiger partial charge in [-0.1, -0.05) is 42.0 Å². The zero-order valence-corrected chi connectivity index (χ0v) is 20.9. The summed E-state index contributed by atoms with van der Waals surface area (Å²) >= 11 is 0. The lowest BCUT2D eigenvalue weighted by Gasteiger charge is -2.36. The molecule has 1 aliphatic heterocycles. The smallest absolute Gasteiger partial charge is 0.332 e. The standard InChI is InChI=1S/C27H32N6O2/c1-19-10-11-20(2)21(16-19)17-33-23(28-25-24(33)26(34)30(4)27(35)29(25)3)18-31-12-14-32(15-13-31)22-8-6-5-7-9-22/h5-11,16H,12-15,17-18H2,1-4H3. The first kappa shape index (κ1) is 23.1. The van der Waals surface area contributed by atoms with Crippen molar-refractivity contribution in [3.63, 3.8) is 0 Å². The number of fused-ring (bicyclic) bond motifs is 1. The van der Waals surface area contributed by atoms with E-state index in [0.29, 0.717) is 24.3 Å². The number of benzene rings is 2. The molecule has 35 heavy (non-hydrogen) atoms. The molecule has 1 aliphatic rings. The van der Waals surface area contributed by atoms with Crippen molar-refractivity contribution in [3.8, 4) is 0 Å². The molecule has 1 saturated heterocycles. The Balaban J connectivity index is 1.51. The third-order valence-electron chi connectivity index (χ3n) is 7.12. The Morgan fingerprint density at radius 1 is 0.857 bits per heavy atom. The second-order valence-corrected chi connectivity index (χ2v) is 9.52. The van der Waals surface area contributed by atoms with Gasteiger partial charge < -0.3 is 9.47 Å². The summed E-state index contributed by atoms with van der Waals surface area (Å²) in [6.07, 6.45) is 0. The largest absolute Gasteiger partial charge is 0.369 e. The zero-order valence-electron chi connectivity index (χ0n) is 20.9. The van der Waals surface area contributed by atoms with Crippen LogP contribution in [-0.4, -0.2) is 49.8 Å². The average molecular weight is 473 g/mol. The highest BCUT2D eigenvalue weighted by Gasteiger charge is 2.23. The van der Waals surface area contributed by atoms with Crippen LogP contribution in [0.3, 0.4) is 0 Å². The quantitative estimate of drug-likeness (QED) is 0.446. The minimum Gasteiger partial charge on any atom is -0.369 e. The molecule has 1 fully saturated rings. The van der Waals surface area contributed by atoms with Crippen LogP contribution in [0.5, 0.6) is 0 Å². The van der Waals surface area contributed by atoms with Gasteiger partial charge in [0.05, 0.1) is 6.54 Å². The average Bonchev–Trinajstić information content (AvgIpc) is 3.22. The number of rotatable bonds is 5. The van der Waals surface area contributed by atoms with Gasteiger partial charge in [-0.25, -0.2) is 9.78 Å². The maximum Gasteiger partial charge on any atom is 0.332 e. The summed E-state index contributed by atoms with van der Waals surface area (Å²) in [5.74, 6) is 0.812. The summed E-state index contributed by atoms with van der Waals surface area (Å²) in [6, 6.07) is 16.9. The highest BCUT2D eigenvalue weighted by atomic mass is 16.2. The first-order chi connectivity index (χ1) is 16.8. The molecule has 0 amide bonds. The third-order valence-corrected chi connectivity index (χ3v) is 7.12. The lowest BCUT2D eigenvalue weighted by molar-refractivity contribution is 0.241. The molecule has 0 N–H and O–H groups in total. The molecule has 0 unspecified atom stereocenters. The van der Waals surface area contributed by atoms with E-state index < -0.39 is 0 Å². The van der Waals surface area contributed by atoms with Crippen molar-refractivity contribution in [2.75, 3.05) is 31.1 Å². The summed E-state index contributed by atoms with van der Waals surface area (Å²) in [5.41, 5.74) is 5.00. The summed E-state index contributed by atoms with van der Waals surface area (Å²) in [6.45, 7) is 8.99. The van der Waals surface area contributed by atoms with Crippen molar-refractivity contribution in [3.05, 3.63) is 91.9 Å². The number of piperazine rings is 1. The van der Waals surface area contributed by atoms with Gasteiger partial charge in [0.25, 0.3) is 5.56 Å². The Labute approximate surface area is 204 Å². The van der Waals surface area contributed by atoms with Crippen LogP contribution >= 0.6 is 0 Å². The van der Waals surface area contributed by atoms with Gasteiger partial charge in [0.1, 0.15) is 5.82 Å². The molecule has 5 rings (SSSR count). The molecule has 0 saturated carbocycles. The fourth-order valence-electron chi connectivity index (χ4n) is 4.93. The highest BCUT2D eigenvalue weighted by molar-refractivity contribution is 5.71. The predicted octanol–water partition coefficient (Wildman–Crippen LogP) is 2.42. The number of nitrogens with zero attached hydrogens (tertiary/aromatic N) is 6. The third kappa shape index (κ3) is 4.30. The SMILES string of the molecule is Cc1ccc(C)c(Cn2c(CN3CCN(c4ccccc4)CC3)nc3c2c(=O)n(C)c(=O)n3C)c1. The Bertz CT molecular complexity index is 1490. The number of aryl methyl sites for hydroxylation is 3. The zero-order chi connectivity index (χ0) is 24.7. The van der Waals surface area contributed by atoms with E-state index in [4.69, 9.17) is 4.98 Å². The van der Waals surface area contributed by atoms with E-state index in [2.05, 4.69) is 66.1 Å². The van der Waals surface area contributed by atoms with Gasteiger partial charge in [0.2, 0.25) is 0 Å². The van der Waals surface area contributed by atoms with E-state index >= 15 is 0 Å². The molecule has 0 radical (unpaired) electrons. The fourth-order valence-corrected chi connectivity index (χ4v) is 4.93. The second-order valence-electron chi connectivity index (χ2n) is 9.52. The molecule has 3 heterocycles. The molecule has 4 aromatic rings. The van der Waals surface area contributed by atoms with Crippen LogP contribution in [-0.2, 0) is 27.2 Å². The van der Waals surface area contributed by atoms with Gasteiger partial charge in [-0.05, 0) is 37.1 Å². The predicted molar refractivity (Wildman–Crippen MR) is 139 cm³/mol. The van der Waals surface area contributed by atoms with Gasteiger partial charge in [-0.3, -0.25) is 18.8 Å². The number of hydrogen-bond acceptors (Lipinski definition) is 5. The maximum absolute atomic E-state index is 13.2. The van der Waals surface area contributed by atoms with Crippen LogP contribution < -0.4 is 16.1 Å². The molecule has 8 heteroatoms. The van der Waals surface area contributed by atoms with Crippen LogP contribution in [0.2, 0.25) is 0 Å². The molecule has 8 nitrogen and oxygen atoms in total. The molecule has 2 aromatic carbocycles. The lowest BCUT2D eigenvalue weighted by Crippen LogP contribution is -2.46. The number of hydrogen-bond donors (Lipinski definition) is 0. The summed E-state index contributed by atoms with van der Waals surface area (Å²) in [5, 5.41) is 0. The lowest BCUT2D eigenvalue weighted by atomic mass is 10.1. The van der Waals surface area contributed by atoms with Crippen molar-refractivity contribution in [2.24, 2.45) is 14.1 Å². The molecule has 0 bridgehead atoms. The van der Waals surface area contributed by atoms with Crippen LogP contribution in [0.1, 0.15) is 22.5 Å². The second kappa shape index (κ2) is 9.19. The van der Waals surface area contributed by atoms with E-state index in [0.717, 1.165) is 37.6 Å². The van der Waals surface area contributed by atoms with Gasteiger partial charge >= 0.3 is 5.69 Å². The Morgan fingerprint density at radius 2 is 1.57 bits per heavy atom. The van der Waals surface area contributed by atoms with Crippen LogP contribution in [0.25, 0.3) is 11.2 Å². The number of para-hydroxylation sites is 1. The molecule has 0 atom stereocenters. The van der Waals surface area contributed by atoms with Crippen molar-refractivity contribution >= 4 is 16.9 Å². The maximum atomic E-state index is 13.2. The number of aromatic nitrogens is 4. The first-order valence-corrected chi connectivity index (χ1v) is 12.1. The normalized spacial score (nSPS) is 14.7. The minimum atomic E-state index is -0.359.